The first kappa shape index (κ1) is 19.2. The van der Waals surface area contributed by atoms with Crippen molar-refractivity contribution in [3.63, 3.8) is 0 Å². The van der Waals surface area contributed by atoms with Gasteiger partial charge in [0.2, 0.25) is 5.91 Å². The van der Waals surface area contributed by atoms with Gasteiger partial charge in [0.25, 0.3) is 0 Å². The van der Waals surface area contributed by atoms with Crippen molar-refractivity contribution >= 4 is 17.7 Å². The van der Waals surface area contributed by atoms with E-state index in [0.29, 0.717) is 0 Å². The van der Waals surface area contributed by atoms with E-state index in [1.165, 1.54) is 11.1 Å². The summed E-state index contributed by atoms with van der Waals surface area (Å²) in [5.74, 6) is 0.0370. The number of carbonyl (C=O) groups is 1. The summed E-state index contributed by atoms with van der Waals surface area (Å²) in [5, 5.41) is 3.06. The minimum absolute atomic E-state index is 0.0370. The van der Waals surface area contributed by atoms with E-state index in [1.54, 1.807) is 11.8 Å². The second-order valence-corrected chi connectivity index (χ2v) is 8.25. The molecule has 0 fully saturated rings. The third kappa shape index (κ3) is 5.24. The molecule has 27 heavy (non-hydrogen) atoms. The summed E-state index contributed by atoms with van der Waals surface area (Å²) in [6, 6.07) is 26.6. The molecule has 1 amide bonds. The van der Waals surface area contributed by atoms with Gasteiger partial charge in [0, 0.05) is 4.90 Å². The van der Waals surface area contributed by atoms with E-state index in [9.17, 15) is 4.79 Å². The van der Waals surface area contributed by atoms with Gasteiger partial charge in [-0.2, -0.15) is 0 Å². The zero-order valence-corrected chi connectivity index (χ0v) is 16.8. The largest absolute Gasteiger partial charge is 0.344 e. The number of nitrogens with one attached hydrogen (secondary N) is 1. The lowest BCUT2D eigenvalue weighted by molar-refractivity contribution is -0.120. The molecule has 0 heterocycles. The second kappa shape index (κ2) is 8.92. The van der Waals surface area contributed by atoms with E-state index in [1.807, 2.05) is 25.1 Å². The molecule has 3 rings (SSSR count). The van der Waals surface area contributed by atoms with Crippen LogP contribution in [0.5, 0.6) is 0 Å². The van der Waals surface area contributed by atoms with Gasteiger partial charge in [0.15, 0.2) is 0 Å². The maximum Gasteiger partial charge on any atom is 0.233 e. The quantitative estimate of drug-likeness (QED) is 0.561. The van der Waals surface area contributed by atoms with E-state index in [2.05, 4.69) is 79.8 Å². The highest BCUT2D eigenvalue weighted by Gasteiger charge is 2.21. The third-order valence-corrected chi connectivity index (χ3v) is 5.65. The standard InChI is InChI=1S/C24H25NOS/c1-17-9-13-21(14-10-17)23(20-7-5-4-6-8-20)25-24(26)19(3)27-22-15-11-18(2)12-16-22/h4-16,19,23H,1-3H3,(H,25,26)/t19-,23-/m1/s1. The molecule has 0 spiro atoms. The van der Waals surface area contributed by atoms with Crippen LogP contribution in [0.1, 0.15) is 35.2 Å². The minimum atomic E-state index is -0.177. The molecule has 3 aromatic rings. The van der Waals surface area contributed by atoms with Crippen molar-refractivity contribution in [3.8, 4) is 0 Å². The number of rotatable bonds is 6. The Bertz CT molecular complexity index is 873. The summed E-state index contributed by atoms with van der Waals surface area (Å²) in [6.45, 7) is 6.09. The van der Waals surface area contributed by atoms with Crippen LogP contribution in [-0.4, -0.2) is 11.2 Å². The Labute approximate surface area is 166 Å². The second-order valence-electron chi connectivity index (χ2n) is 6.84. The SMILES string of the molecule is Cc1ccc(S[C@H](C)C(=O)N[C@H](c2ccccc2)c2ccc(C)cc2)cc1. The van der Waals surface area contributed by atoms with Gasteiger partial charge in [0.1, 0.15) is 0 Å². The Morgan fingerprint density at radius 3 is 1.89 bits per heavy atom. The molecule has 0 aliphatic rings. The van der Waals surface area contributed by atoms with Crippen molar-refractivity contribution in [2.75, 3.05) is 0 Å². The summed E-state index contributed by atoms with van der Waals surface area (Å²) in [6.07, 6.45) is 0. The topological polar surface area (TPSA) is 29.1 Å². The number of hydrogen-bond donors (Lipinski definition) is 1. The number of aryl methyl sites for hydroxylation is 2. The molecule has 138 valence electrons. The van der Waals surface area contributed by atoms with Gasteiger partial charge >= 0.3 is 0 Å². The van der Waals surface area contributed by atoms with Crippen LogP contribution < -0.4 is 5.32 Å². The molecule has 0 aliphatic heterocycles. The number of amides is 1. The van der Waals surface area contributed by atoms with Gasteiger partial charge in [0.05, 0.1) is 11.3 Å². The minimum Gasteiger partial charge on any atom is -0.344 e. The van der Waals surface area contributed by atoms with Crippen LogP contribution >= 0.6 is 11.8 Å². The van der Waals surface area contributed by atoms with E-state index < -0.39 is 0 Å². The van der Waals surface area contributed by atoms with Gasteiger partial charge < -0.3 is 5.32 Å². The highest BCUT2D eigenvalue weighted by molar-refractivity contribution is 8.00. The fourth-order valence-corrected chi connectivity index (χ4v) is 3.77. The smallest absolute Gasteiger partial charge is 0.233 e. The summed E-state index contributed by atoms with van der Waals surface area (Å²) in [5.41, 5.74) is 4.61. The van der Waals surface area contributed by atoms with Crippen LogP contribution in [0.25, 0.3) is 0 Å². The monoisotopic (exact) mass is 375 g/mol. The molecule has 0 aliphatic carbocycles. The molecular weight excluding hydrogens is 350 g/mol. The van der Waals surface area contributed by atoms with E-state index >= 15 is 0 Å². The van der Waals surface area contributed by atoms with Crippen molar-refractivity contribution in [2.45, 2.75) is 37.0 Å². The predicted octanol–water partition coefficient (Wildman–Crippen LogP) is 5.69. The number of hydrogen-bond acceptors (Lipinski definition) is 2. The molecule has 0 radical (unpaired) electrons. The number of carbonyl (C=O) groups excluding carboxylic acids is 1. The highest BCUT2D eigenvalue weighted by atomic mass is 32.2. The Morgan fingerprint density at radius 2 is 1.30 bits per heavy atom. The van der Waals surface area contributed by atoms with Crippen molar-refractivity contribution in [2.24, 2.45) is 0 Å². The Balaban J connectivity index is 1.77. The molecular formula is C24H25NOS. The molecule has 0 aromatic heterocycles. The molecule has 1 N–H and O–H groups in total. The van der Waals surface area contributed by atoms with Crippen LogP contribution in [0.4, 0.5) is 0 Å². The molecule has 3 heteroatoms. The number of thioether (sulfide) groups is 1. The van der Waals surface area contributed by atoms with E-state index in [-0.39, 0.29) is 17.2 Å². The zero-order valence-electron chi connectivity index (χ0n) is 16.0. The van der Waals surface area contributed by atoms with Crippen LogP contribution in [-0.2, 0) is 4.79 Å². The predicted molar refractivity (Wildman–Crippen MR) is 114 cm³/mol. The van der Waals surface area contributed by atoms with Crippen molar-refractivity contribution in [1.82, 2.24) is 5.32 Å². The van der Waals surface area contributed by atoms with Crippen LogP contribution in [0, 0.1) is 13.8 Å². The summed E-state index contributed by atoms with van der Waals surface area (Å²) >= 11 is 1.58. The first-order valence-electron chi connectivity index (χ1n) is 9.18. The van der Waals surface area contributed by atoms with E-state index in [4.69, 9.17) is 0 Å². The summed E-state index contributed by atoms with van der Waals surface area (Å²) in [7, 11) is 0. The van der Waals surface area contributed by atoms with Gasteiger partial charge in [-0.05, 0) is 44.0 Å². The fraction of sp³-hybridized carbons (Fsp3) is 0.208. The molecule has 0 unspecified atom stereocenters. The molecule has 2 atom stereocenters. The van der Waals surface area contributed by atoms with Crippen LogP contribution in [0.15, 0.2) is 83.8 Å². The first-order valence-corrected chi connectivity index (χ1v) is 10.1. The zero-order chi connectivity index (χ0) is 19.2. The van der Waals surface area contributed by atoms with Crippen LogP contribution in [0.2, 0.25) is 0 Å². The van der Waals surface area contributed by atoms with Crippen molar-refractivity contribution < 1.29 is 4.79 Å². The Morgan fingerprint density at radius 1 is 0.778 bits per heavy atom. The molecule has 0 bridgehead atoms. The molecule has 0 saturated heterocycles. The van der Waals surface area contributed by atoms with Gasteiger partial charge in [-0.3, -0.25) is 4.79 Å². The average molecular weight is 376 g/mol. The third-order valence-electron chi connectivity index (χ3n) is 4.53. The normalized spacial score (nSPS) is 13.0. The Kier molecular flexibility index (Phi) is 6.36. The maximum absolute atomic E-state index is 12.9. The fourth-order valence-electron chi connectivity index (χ4n) is 2.90. The lowest BCUT2D eigenvalue weighted by Crippen LogP contribution is -2.34. The maximum atomic E-state index is 12.9. The first-order chi connectivity index (χ1) is 13.0. The lowest BCUT2D eigenvalue weighted by atomic mass is 9.97. The number of benzene rings is 3. The lowest BCUT2D eigenvalue weighted by Gasteiger charge is -2.22. The van der Waals surface area contributed by atoms with Gasteiger partial charge in [-0.25, -0.2) is 0 Å². The van der Waals surface area contributed by atoms with E-state index in [0.717, 1.165) is 16.0 Å². The van der Waals surface area contributed by atoms with Crippen LogP contribution in [0.3, 0.4) is 0 Å². The highest BCUT2D eigenvalue weighted by Crippen LogP contribution is 2.26. The molecule has 2 nitrogen and oxygen atoms in total. The summed E-state index contributed by atoms with van der Waals surface area (Å²) < 4.78 is 0. The Hall–Kier alpha value is -2.52. The molecule has 0 saturated carbocycles. The molecule has 3 aromatic carbocycles. The average Bonchev–Trinajstić information content (AvgIpc) is 2.69. The summed E-state index contributed by atoms with van der Waals surface area (Å²) in [4.78, 5) is 14.0. The van der Waals surface area contributed by atoms with Crippen molar-refractivity contribution in [3.05, 3.63) is 101 Å². The van der Waals surface area contributed by atoms with Crippen molar-refractivity contribution in [1.29, 1.82) is 0 Å². The van der Waals surface area contributed by atoms with Gasteiger partial charge in [-0.15, -0.1) is 11.8 Å². The van der Waals surface area contributed by atoms with Gasteiger partial charge in [-0.1, -0.05) is 77.9 Å².